The van der Waals surface area contributed by atoms with Gasteiger partial charge in [-0.1, -0.05) is 19.9 Å². The third-order valence-electron chi connectivity index (χ3n) is 3.58. The zero-order valence-electron chi connectivity index (χ0n) is 12.2. The fourth-order valence-electron chi connectivity index (χ4n) is 2.30. The second-order valence-corrected chi connectivity index (χ2v) is 5.87. The van der Waals surface area contributed by atoms with Crippen molar-refractivity contribution in [2.24, 2.45) is 11.1 Å². The molecule has 2 rings (SSSR count). The van der Waals surface area contributed by atoms with E-state index in [4.69, 9.17) is 10.2 Å². The number of nitrogens with zero attached hydrogens (tertiary/aromatic N) is 1. The molecule has 0 bridgehead atoms. The van der Waals surface area contributed by atoms with Crippen LogP contribution in [-0.4, -0.2) is 18.6 Å². The van der Waals surface area contributed by atoms with Gasteiger partial charge in [0.05, 0.1) is 0 Å². The number of benzene rings is 1. The van der Waals surface area contributed by atoms with Gasteiger partial charge in [-0.3, -0.25) is 0 Å². The Bertz CT molecular complexity index is 560. The van der Waals surface area contributed by atoms with Crippen molar-refractivity contribution in [3.8, 4) is 0 Å². The van der Waals surface area contributed by atoms with Crippen molar-refractivity contribution in [1.29, 1.82) is 0 Å². The van der Waals surface area contributed by atoms with Crippen LogP contribution in [0.3, 0.4) is 0 Å². The predicted octanol–water partition coefficient (Wildman–Crippen LogP) is 2.77. The van der Waals surface area contributed by atoms with Gasteiger partial charge in [0.2, 0.25) is 0 Å². The molecule has 0 aliphatic carbocycles. The summed E-state index contributed by atoms with van der Waals surface area (Å²) >= 11 is 0. The van der Waals surface area contributed by atoms with E-state index in [2.05, 4.69) is 36.3 Å². The highest BCUT2D eigenvalue weighted by atomic mass is 16.3. The molecule has 0 radical (unpaired) electrons. The van der Waals surface area contributed by atoms with E-state index in [-0.39, 0.29) is 11.5 Å². The average molecular weight is 261 g/mol. The first kappa shape index (κ1) is 14.0. The van der Waals surface area contributed by atoms with Gasteiger partial charge in [0.15, 0.2) is 11.5 Å². The summed E-state index contributed by atoms with van der Waals surface area (Å²) in [6, 6.07) is 6.46. The minimum absolute atomic E-state index is 0.113. The Labute approximate surface area is 114 Å². The molecule has 4 nitrogen and oxygen atoms in total. The molecule has 104 valence electrons. The van der Waals surface area contributed by atoms with Crippen molar-refractivity contribution in [1.82, 2.24) is 10.3 Å². The zero-order valence-corrected chi connectivity index (χ0v) is 12.2. The van der Waals surface area contributed by atoms with E-state index in [1.807, 2.05) is 20.0 Å². The number of rotatable bonds is 5. The Morgan fingerprint density at radius 2 is 2.16 bits per heavy atom. The molecule has 1 atom stereocenters. The molecule has 1 heterocycles. The Kier molecular flexibility index (Phi) is 3.92. The number of hydrogen-bond acceptors (Lipinski definition) is 4. The molecule has 1 aromatic carbocycles. The van der Waals surface area contributed by atoms with Crippen LogP contribution in [0.15, 0.2) is 22.6 Å². The third-order valence-corrected chi connectivity index (χ3v) is 3.58. The van der Waals surface area contributed by atoms with E-state index >= 15 is 0 Å². The van der Waals surface area contributed by atoms with Crippen LogP contribution in [0.5, 0.6) is 0 Å². The summed E-state index contributed by atoms with van der Waals surface area (Å²) in [7, 11) is 1.98. The molecule has 0 amide bonds. The molecule has 19 heavy (non-hydrogen) atoms. The van der Waals surface area contributed by atoms with Crippen LogP contribution in [-0.2, 0) is 0 Å². The second-order valence-electron chi connectivity index (χ2n) is 5.87. The van der Waals surface area contributed by atoms with Crippen LogP contribution in [0.4, 0.5) is 0 Å². The molecular weight excluding hydrogens is 238 g/mol. The summed E-state index contributed by atoms with van der Waals surface area (Å²) in [4.78, 5) is 4.39. The lowest BCUT2D eigenvalue weighted by Crippen LogP contribution is -2.30. The summed E-state index contributed by atoms with van der Waals surface area (Å²) in [5, 5.41) is 3.37. The molecule has 1 aromatic heterocycles. The summed E-state index contributed by atoms with van der Waals surface area (Å²) < 4.78 is 5.51. The Balaban J connectivity index is 2.29. The summed E-state index contributed by atoms with van der Waals surface area (Å²) in [6.07, 6.45) is 0.988. The predicted molar refractivity (Wildman–Crippen MR) is 78.0 cm³/mol. The zero-order chi connectivity index (χ0) is 14.0. The fraction of sp³-hybridized carbons (Fsp3) is 0.533. The molecule has 0 saturated carbocycles. The molecule has 0 saturated heterocycles. The average Bonchev–Trinajstić information content (AvgIpc) is 2.75. The number of nitrogens with two attached hydrogens (primary N) is 1. The molecule has 0 fully saturated rings. The molecule has 0 aliphatic rings. The van der Waals surface area contributed by atoms with Crippen LogP contribution in [0.25, 0.3) is 11.1 Å². The van der Waals surface area contributed by atoms with E-state index in [9.17, 15) is 0 Å². The van der Waals surface area contributed by atoms with Gasteiger partial charge in [-0.15, -0.1) is 0 Å². The maximum absolute atomic E-state index is 5.83. The maximum atomic E-state index is 5.83. The lowest BCUT2D eigenvalue weighted by Gasteiger charge is -2.28. The van der Waals surface area contributed by atoms with Crippen molar-refractivity contribution in [2.45, 2.75) is 33.2 Å². The molecule has 2 aromatic rings. The van der Waals surface area contributed by atoms with E-state index in [1.165, 1.54) is 5.56 Å². The quantitative estimate of drug-likeness (QED) is 0.868. The van der Waals surface area contributed by atoms with Crippen LogP contribution < -0.4 is 11.1 Å². The number of hydrogen-bond donors (Lipinski definition) is 2. The maximum Gasteiger partial charge on any atom is 0.192 e. The van der Waals surface area contributed by atoms with Crippen LogP contribution in [0.2, 0.25) is 0 Å². The lowest BCUT2D eigenvalue weighted by atomic mass is 9.83. The SMILES string of the molecule is CNC(CC(C)(C)CN)c1ccc2oc(C)nc2c1. The van der Waals surface area contributed by atoms with Crippen molar-refractivity contribution in [3.05, 3.63) is 29.7 Å². The summed E-state index contributed by atoms with van der Waals surface area (Å²) in [6.45, 7) is 6.93. The van der Waals surface area contributed by atoms with Crippen molar-refractivity contribution in [3.63, 3.8) is 0 Å². The Hall–Kier alpha value is -1.39. The Morgan fingerprint density at radius 3 is 2.79 bits per heavy atom. The van der Waals surface area contributed by atoms with Gasteiger partial charge in [-0.2, -0.15) is 0 Å². The number of fused-ring (bicyclic) bond motifs is 1. The smallest absolute Gasteiger partial charge is 0.192 e. The van der Waals surface area contributed by atoms with Gasteiger partial charge in [-0.05, 0) is 43.1 Å². The number of aromatic nitrogens is 1. The van der Waals surface area contributed by atoms with Gasteiger partial charge in [0, 0.05) is 13.0 Å². The van der Waals surface area contributed by atoms with E-state index in [1.54, 1.807) is 0 Å². The first-order valence-electron chi connectivity index (χ1n) is 6.69. The standard InChI is InChI=1S/C15H23N3O/c1-10-18-12-7-11(5-6-14(12)19-10)13(17-4)8-15(2,3)9-16/h5-7,13,17H,8-9,16H2,1-4H3. The molecule has 0 spiro atoms. The normalized spacial score (nSPS) is 13.9. The fourth-order valence-corrected chi connectivity index (χ4v) is 2.30. The van der Waals surface area contributed by atoms with Gasteiger partial charge in [-0.25, -0.2) is 4.98 Å². The van der Waals surface area contributed by atoms with E-state index in [0.29, 0.717) is 12.4 Å². The minimum Gasteiger partial charge on any atom is -0.441 e. The van der Waals surface area contributed by atoms with Crippen molar-refractivity contribution in [2.75, 3.05) is 13.6 Å². The molecule has 4 heteroatoms. The highest BCUT2D eigenvalue weighted by Gasteiger charge is 2.22. The number of oxazole rings is 1. The molecule has 1 unspecified atom stereocenters. The number of aryl methyl sites for hydroxylation is 1. The van der Waals surface area contributed by atoms with Crippen LogP contribution in [0, 0.1) is 12.3 Å². The summed E-state index contributed by atoms with van der Waals surface area (Å²) in [5.41, 5.74) is 8.93. The summed E-state index contributed by atoms with van der Waals surface area (Å²) in [5.74, 6) is 0.704. The van der Waals surface area contributed by atoms with Crippen molar-refractivity contribution < 1.29 is 4.42 Å². The van der Waals surface area contributed by atoms with Gasteiger partial charge < -0.3 is 15.5 Å². The van der Waals surface area contributed by atoms with Crippen molar-refractivity contribution >= 4 is 11.1 Å². The Morgan fingerprint density at radius 1 is 1.42 bits per heavy atom. The first-order chi connectivity index (χ1) is 8.95. The third kappa shape index (κ3) is 3.14. The first-order valence-corrected chi connectivity index (χ1v) is 6.69. The van der Waals surface area contributed by atoms with Gasteiger partial charge in [0.1, 0.15) is 5.52 Å². The topological polar surface area (TPSA) is 64.1 Å². The molecular formula is C15H23N3O. The van der Waals surface area contributed by atoms with Crippen LogP contribution >= 0.6 is 0 Å². The second kappa shape index (κ2) is 5.31. The van der Waals surface area contributed by atoms with Gasteiger partial charge in [0.25, 0.3) is 0 Å². The lowest BCUT2D eigenvalue weighted by molar-refractivity contribution is 0.299. The molecule has 3 N–H and O–H groups in total. The van der Waals surface area contributed by atoms with Gasteiger partial charge >= 0.3 is 0 Å². The number of nitrogens with one attached hydrogen (secondary N) is 1. The highest BCUT2D eigenvalue weighted by Crippen LogP contribution is 2.30. The molecule has 0 aliphatic heterocycles. The largest absolute Gasteiger partial charge is 0.441 e. The highest BCUT2D eigenvalue weighted by molar-refractivity contribution is 5.73. The monoisotopic (exact) mass is 261 g/mol. The minimum atomic E-state index is 0.113. The van der Waals surface area contributed by atoms with E-state index in [0.717, 1.165) is 17.5 Å². The van der Waals surface area contributed by atoms with Crippen LogP contribution in [0.1, 0.15) is 37.8 Å². The van der Waals surface area contributed by atoms with E-state index < -0.39 is 0 Å².